The number of hydrogen-bond acceptors (Lipinski definition) is 1. The van der Waals surface area contributed by atoms with Crippen molar-refractivity contribution >= 4 is 11.6 Å². The molecule has 114 valence electrons. The van der Waals surface area contributed by atoms with Crippen LogP contribution >= 0.6 is 11.6 Å². The van der Waals surface area contributed by atoms with Gasteiger partial charge >= 0.3 is 0 Å². The van der Waals surface area contributed by atoms with Crippen molar-refractivity contribution in [3.8, 4) is 0 Å². The first-order chi connectivity index (χ1) is 9.56. The standard InChI is InChI=1S/C18H29ClO/c1-3-4-5-6-7-8-9-10-14-18(2,20)16-12-11-13-17(19)15-16/h11-13,15,20H,3-10,14H2,1-2H3. The third kappa shape index (κ3) is 6.76. The molecule has 1 aromatic carbocycles. The van der Waals surface area contributed by atoms with E-state index in [-0.39, 0.29) is 0 Å². The average Bonchev–Trinajstić information content (AvgIpc) is 2.42. The monoisotopic (exact) mass is 296 g/mol. The first-order valence-corrected chi connectivity index (χ1v) is 8.42. The second-order valence-electron chi connectivity index (χ2n) is 6.01. The minimum absolute atomic E-state index is 0.693. The van der Waals surface area contributed by atoms with Gasteiger partial charge in [0.15, 0.2) is 0 Å². The van der Waals surface area contributed by atoms with E-state index >= 15 is 0 Å². The van der Waals surface area contributed by atoms with E-state index in [1.165, 1.54) is 44.9 Å². The van der Waals surface area contributed by atoms with Gasteiger partial charge in [0.1, 0.15) is 0 Å². The lowest BCUT2D eigenvalue weighted by molar-refractivity contribution is 0.0448. The molecular weight excluding hydrogens is 268 g/mol. The third-order valence-corrected chi connectivity index (χ3v) is 4.20. The van der Waals surface area contributed by atoms with Crippen molar-refractivity contribution in [3.63, 3.8) is 0 Å². The lowest BCUT2D eigenvalue weighted by Gasteiger charge is -2.24. The molecule has 0 radical (unpaired) electrons. The summed E-state index contributed by atoms with van der Waals surface area (Å²) < 4.78 is 0. The molecular formula is C18H29ClO. The van der Waals surface area contributed by atoms with Crippen LogP contribution in [0, 0.1) is 0 Å². The molecule has 0 heterocycles. The van der Waals surface area contributed by atoms with E-state index in [0.717, 1.165) is 18.4 Å². The summed E-state index contributed by atoms with van der Waals surface area (Å²) >= 11 is 5.98. The molecule has 0 aliphatic rings. The molecule has 0 spiro atoms. The zero-order chi connectivity index (χ0) is 14.8. The van der Waals surface area contributed by atoms with Crippen LogP contribution in [0.1, 0.15) is 77.2 Å². The average molecular weight is 297 g/mol. The van der Waals surface area contributed by atoms with Crippen LogP contribution < -0.4 is 0 Å². The molecule has 1 nitrogen and oxygen atoms in total. The smallest absolute Gasteiger partial charge is 0.0869 e. The van der Waals surface area contributed by atoms with Crippen molar-refractivity contribution in [2.24, 2.45) is 0 Å². The van der Waals surface area contributed by atoms with Crippen molar-refractivity contribution in [1.29, 1.82) is 0 Å². The molecule has 0 amide bonds. The zero-order valence-corrected chi connectivity index (χ0v) is 13.8. The van der Waals surface area contributed by atoms with E-state index in [1.54, 1.807) is 0 Å². The quantitative estimate of drug-likeness (QED) is 0.519. The van der Waals surface area contributed by atoms with Gasteiger partial charge in [-0.1, -0.05) is 82.0 Å². The summed E-state index contributed by atoms with van der Waals surface area (Å²) in [7, 11) is 0. The van der Waals surface area contributed by atoms with E-state index in [9.17, 15) is 5.11 Å². The zero-order valence-electron chi connectivity index (χ0n) is 13.0. The molecule has 1 unspecified atom stereocenters. The van der Waals surface area contributed by atoms with Crippen LogP contribution in [0.4, 0.5) is 0 Å². The molecule has 0 saturated heterocycles. The molecule has 0 aliphatic heterocycles. The normalized spacial score (nSPS) is 14.2. The van der Waals surface area contributed by atoms with E-state index in [0.29, 0.717) is 5.02 Å². The van der Waals surface area contributed by atoms with Gasteiger partial charge in [-0.15, -0.1) is 0 Å². The predicted molar refractivity (Wildman–Crippen MR) is 88.2 cm³/mol. The summed E-state index contributed by atoms with van der Waals surface area (Å²) in [5, 5.41) is 11.2. The highest BCUT2D eigenvalue weighted by Crippen LogP contribution is 2.28. The van der Waals surface area contributed by atoms with Gasteiger partial charge in [0, 0.05) is 5.02 Å². The summed E-state index contributed by atoms with van der Waals surface area (Å²) in [6.07, 6.45) is 11.1. The van der Waals surface area contributed by atoms with Crippen LogP contribution in [-0.2, 0) is 5.60 Å². The molecule has 1 atom stereocenters. The highest BCUT2D eigenvalue weighted by Gasteiger charge is 2.22. The molecule has 1 aromatic rings. The van der Waals surface area contributed by atoms with Gasteiger partial charge in [-0.25, -0.2) is 0 Å². The molecule has 20 heavy (non-hydrogen) atoms. The van der Waals surface area contributed by atoms with Gasteiger partial charge < -0.3 is 5.11 Å². The molecule has 1 N–H and O–H groups in total. The van der Waals surface area contributed by atoms with Crippen molar-refractivity contribution in [1.82, 2.24) is 0 Å². The van der Waals surface area contributed by atoms with Gasteiger partial charge in [-0.3, -0.25) is 0 Å². The fraction of sp³-hybridized carbons (Fsp3) is 0.667. The van der Waals surface area contributed by atoms with Crippen molar-refractivity contribution in [2.75, 3.05) is 0 Å². The van der Waals surface area contributed by atoms with Crippen molar-refractivity contribution < 1.29 is 5.11 Å². The summed E-state index contributed by atoms with van der Waals surface area (Å²) in [4.78, 5) is 0. The van der Waals surface area contributed by atoms with Gasteiger partial charge in [0.05, 0.1) is 5.60 Å². The highest BCUT2D eigenvalue weighted by molar-refractivity contribution is 6.30. The van der Waals surface area contributed by atoms with Crippen molar-refractivity contribution in [2.45, 2.75) is 77.2 Å². The largest absolute Gasteiger partial charge is 0.385 e. The lowest BCUT2D eigenvalue weighted by Crippen LogP contribution is -2.20. The Balaban J connectivity index is 2.20. The Morgan fingerprint density at radius 2 is 1.60 bits per heavy atom. The number of unbranched alkanes of at least 4 members (excludes halogenated alkanes) is 7. The molecule has 0 fully saturated rings. The Labute approximate surface area is 129 Å². The second-order valence-corrected chi connectivity index (χ2v) is 6.45. The minimum atomic E-state index is -0.757. The number of rotatable bonds is 10. The second kappa shape index (κ2) is 9.41. The predicted octanol–water partition coefficient (Wildman–Crippen LogP) is 6.08. The van der Waals surface area contributed by atoms with Gasteiger partial charge in [-0.2, -0.15) is 0 Å². The van der Waals surface area contributed by atoms with E-state index in [4.69, 9.17) is 11.6 Å². The maximum atomic E-state index is 10.5. The van der Waals surface area contributed by atoms with E-state index in [1.807, 2.05) is 31.2 Å². The Morgan fingerprint density at radius 3 is 2.20 bits per heavy atom. The summed E-state index contributed by atoms with van der Waals surface area (Å²) in [6, 6.07) is 7.57. The van der Waals surface area contributed by atoms with Crippen LogP contribution in [0.15, 0.2) is 24.3 Å². The SMILES string of the molecule is CCCCCCCCCCC(C)(O)c1cccc(Cl)c1. The number of benzene rings is 1. The Morgan fingerprint density at radius 1 is 1.00 bits per heavy atom. The topological polar surface area (TPSA) is 20.2 Å². The number of hydrogen-bond donors (Lipinski definition) is 1. The molecule has 2 heteroatoms. The van der Waals surface area contributed by atoms with Crippen LogP contribution in [-0.4, -0.2) is 5.11 Å². The lowest BCUT2D eigenvalue weighted by atomic mass is 9.90. The maximum absolute atomic E-state index is 10.5. The number of aliphatic hydroxyl groups is 1. The van der Waals surface area contributed by atoms with Gasteiger partial charge in [-0.05, 0) is 31.0 Å². The van der Waals surface area contributed by atoms with E-state index in [2.05, 4.69) is 6.92 Å². The van der Waals surface area contributed by atoms with Crippen LogP contribution in [0.25, 0.3) is 0 Å². The fourth-order valence-electron chi connectivity index (χ4n) is 2.57. The summed E-state index contributed by atoms with van der Waals surface area (Å²) in [6.45, 7) is 4.14. The van der Waals surface area contributed by atoms with Crippen molar-refractivity contribution in [3.05, 3.63) is 34.9 Å². The van der Waals surface area contributed by atoms with Gasteiger partial charge in [0.2, 0.25) is 0 Å². The van der Waals surface area contributed by atoms with Crippen LogP contribution in [0.5, 0.6) is 0 Å². The van der Waals surface area contributed by atoms with Crippen LogP contribution in [0.2, 0.25) is 5.02 Å². The third-order valence-electron chi connectivity index (χ3n) is 3.96. The minimum Gasteiger partial charge on any atom is -0.385 e. The molecule has 0 bridgehead atoms. The summed E-state index contributed by atoms with van der Waals surface area (Å²) in [5.41, 5.74) is 0.167. The first kappa shape index (κ1) is 17.5. The Hall–Kier alpha value is -0.530. The van der Waals surface area contributed by atoms with E-state index < -0.39 is 5.60 Å². The van der Waals surface area contributed by atoms with Gasteiger partial charge in [0.25, 0.3) is 0 Å². The summed E-state index contributed by atoms with van der Waals surface area (Å²) in [5.74, 6) is 0. The fourth-order valence-corrected chi connectivity index (χ4v) is 2.76. The first-order valence-electron chi connectivity index (χ1n) is 8.04. The number of halogens is 1. The maximum Gasteiger partial charge on any atom is 0.0869 e. The Kier molecular flexibility index (Phi) is 8.25. The molecule has 0 aromatic heterocycles. The highest BCUT2D eigenvalue weighted by atomic mass is 35.5. The molecule has 1 rings (SSSR count). The molecule has 0 aliphatic carbocycles. The molecule has 0 saturated carbocycles. The Bertz CT molecular complexity index is 373. The van der Waals surface area contributed by atoms with Crippen LogP contribution in [0.3, 0.4) is 0 Å².